The second-order valence-corrected chi connectivity index (χ2v) is 5.31. The lowest BCUT2D eigenvalue weighted by Gasteiger charge is -2.15. The highest BCUT2D eigenvalue weighted by molar-refractivity contribution is 9.10. The van der Waals surface area contributed by atoms with E-state index in [0.717, 1.165) is 23.4 Å². The van der Waals surface area contributed by atoms with E-state index in [1.54, 1.807) is 0 Å². The molecule has 0 aliphatic heterocycles. The first kappa shape index (κ1) is 13.3. The molecule has 2 rings (SSSR count). The molecule has 0 bridgehead atoms. The van der Waals surface area contributed by atoms with Crippen LogP contribution in [-0.4, -0.2) is 16.1 Å². The van der Waals surface area contributed by atoms with Crippen molar-refractivity contribution in [3.05, 3.63) is 52.5 Å². The van der Waals surface area contributed by atoms with Gasteiger partial charge in [0, 0.05) is 36.0 Å². The normalized spacial score (nSPS) is 12.6. The van der Waals surface area contributed by atoms with Crippen molar-refractivity contribution in [2.75, 3.05) is 6.54 Å². The van der Waals surface area contributed by atoms with Gasteiger partial charge < -0.3 is 9.88 Å². The van der Waals surface area contributed by atoms with Crippen LogP contribution >= 0.6 is 15.9 Å². The van der Waals surface area contributed by atoms with Crippen LogP contribution in [0.2, 0.25) is 0 Å². The van der Waals surface area contributed by atoms with E-state index in [9.17, 15) is 0 Å². The summed E-state index contributed by atoms with van der Waals surface area (Å²) in [5.41, 5.74) is 1.31. The average Bonchev–Trinajstić information content (AvgIpc) is 2.76. The molecule has 1 N–H and O–H groups in total. The lowest BCUT2D eigenvalue weighted by molar-refractivity contribution is 0.526. The van der Waals surface area contributed by atoms with Gasteiger partial charge in [-0.25, -0.2) is 4.98 Å². The van der Waals surface area contributed by atoms with Crippen molar-refractivity contribution in [3.8, 4) is 0 Å². The van der Waals surface area contributed by atoms with Crippen LogP contribution in [0.25, 0.3) is 0 Å². The van der Waals surface area contributed by atoms with Crippen LogP contribution in [-0.2, 0) is 6.54 Å². The standard InChI is InChI=1S/C14H18BrN3/c1-11(13-3-5-14(15)6-4-13)16-7-9-18-10-8-17-12(18)2/h3-6,8,10-11,16H,7,9H2,1-2H3/t11-/m0/s1. The average molecular weight is 308 g/mol. The van der Waals surface area contributed by atoms with Crippen molar-refractivity contribution >= 4 is 15.9 Å². The maximum Gasteiger partial charge on any atom is 0.105 e. The van der Waals surface area contributed by atoms with Gasteiger partial charge in [0.2, 0.25) is 0 Å². The Hall–Kier alpha value is -1.13. The first-order valence-electron chi connectivity index (χ1n) is 6.13. The lowest BCUT2D eigenvalue weighted by Crippen LogP contribution is -2.23. The Balaban J connectivity index is 1.83. The van der Waals surface area contributed by atoms with E-state index in [0.29, 0.717) is 6.04 Å². The molecule has 0 aliphatic carbocycles. The summed E-state index contributed by atoms with van der Waals surface area (Å²) in [5.74, 6) is 1.06. The van der Waals surface area contributed by atoms with Crippen molar-refractivity contribution < 1.29 is 0 Å². The summed E-state index contributed by atoms with van der Waals surface area (Å²) in [7, 11) is 0. The van der Waals surface area contributed by atoms with Crippen LogP contribution in [0.15, 0.2) is 41.1 Å². The Bertz CT molecular complexity index is 490. The van der Waals surface area contributed by atoms with Gasteiger partial charge in [0.05, 0.1) is 0 Å². The van der Waals surface area contributed by atoms with Gasteiger partial charge in [-0.3, -0.25) is 0 Å². The van der Waals surface area contributed by atoms with E-state index in [1.165, 1.54) is 5.56 Å². The molecule has 0 unspecified atom stereocenters. The number of rotatable bonds is 5. The molecule has 18 heavy (non-hydrogen) atoms. The van der Waals surface area contributed by atoms with Crippen molar-refractivity contribution in [2.24, 2.45) is 0 Å². The topological polar surface area (TPSA) is 29.9 Å². The van der Waals surface area contributed by atoms with Gasteiger partial charge in [-0.1, -0.05) is 28.1 Å². The summed E-state index contributed by atoms with van der Waals surface area (Å²) in [6.07, 6.45) is 3.86. The van der Waals surface area contributed by atoms with Crippen molar-refractivity contribution in [2.45, 2.75) is 26.4 Å². The number of aryl methyl sites for hydroxylation is 1. The fourth-order valence-electron chi connectivity index (χ4n) is 1.91. The molecule has 0 saturated carbocycles. The zero-order valence-corrected chi connectivity index (χ0v) is 12.3. The largest absolute Gasteiger partial charge is 0.334 e. The van der Waals surface area contributed by atoms with Gasteiger partial charge in [-0.15, -0.1) is 0 Å². The van der Waals surface area contributed by atoms with Crippen LogP contribution in [0.5, 0.6) is 0 Å². The fraction of sp³-hybridized carbons (Fsp3) is 0.357. The number of aromatic nitrogens is 2. The molecule has 0 aliphatic rings. The maximum atomic E-state index is 4.21. The summed E-state index contributed by atoms with van der Waals surface area (Å²) < 4.78 is 3.27. The Morgan fingerprint density at radius 3 is 2.67 bits per heavy atom. The molecule has 3 nitrogen and oxygen atoms in total. The molecule has 0 spiro atoms. The summed E-state index contributed by atoms with van der Waals surface area (Å²) in [5, 5.41) is 3.52. The number of hydrogen-bond acceptors (Lipinski definition) is 2. The molecule has 96 valence electrons. The molecular weight excluding hydrogens is 290 g/mol. The Labute approximate surface area is 116 Å². The number of nitrogens with one attached hydrogen (secondary N) is 1. The fourth-order valence-corrected chi connectivity index (χ4v) is 2.18. The summed E-state index contributed by atoms with van der Waals surface area (Å²) in [6, 6.07) is 8.80. The minimum Gasteiger partial charge on any atom is -0.334 e. The van der Waals surface area contributed by atoms with Crippen LogP contribution in [0, 0.1) is 6.92 Å². The zero-order valence-electron chi connectivity index (χ0n) is 10.7. The lowest BCUT2D eigenvalue weighted by atomic mass is 10.1. The summed E-state index contributed by atoms with van der Waals surface area (Å²) >= 11 is 3.45. The molecule has 0 radical (unpaired) electrons. The predicted octanol–water partition coefficient (Wildman–Crippen LogP) is 3.30. The van der Waals surface area contributed by atoms with E-state index in [1.807, 2.05) is 19.3 Å². The third kappa shape index (κ3) is 3.43. The summed E-state index contributed by atoms with van der Waals surface area (Å²) in [6.45, 7) is 6.10. The molecular formula is C14H18BrN3. The van der Waals surface area contributed by atoms with Gasteiger partial charge in [0.1, 0.15) is 5.82 Å². The third-order valence-corrected chi connectivity index (χ3v) is 3.63. The molecule has 1 aromatic heterocycles. The second-order valence-electron chi connectivity index (χ2n) is 4.40. The van der Waals surface area contributed by atoms with E-state index in [2.05, 4.69) is 62.0 Å². The smallest absolute Gasteiger partial charge is 0.105 e. The number of nitrogens with zero attached hydrogens (tertiary/aromatic N) is 2. The third-order valence-electron chi connectivity index (χ3n) is 3.10. The van der Waals surface area contributed by atoms with Crippen LogP contribution in [0.3, 0.4) is 0 Å². The number of imidazole rings is 1. The minimum atomic E-state index is 0.363. The second kappa shape index (κ2) is 6.16. The molecule has 0 amide bonds. The highest BCUT2D eigenvalue weighted by atomic mass is 79.9. The molecule has 1 aromatic carbocycles. The van der Waals surface area contributed by atoms with E-state index >= 15 is 0 Å². The van der Waals surface area contributed by atoms with Crippen molar-refractivity contribution in [1.29, 1.82) is 0 Å². The van der Waals surface area contributed by atoms with Gasteiger partial charge >= 0.3 is 0 Å². The minimum absolute atomic E-state index is 0.363. The highest BCUT2D eigenvalue weighted by Crippen LogP contribution is 2.16. The Morgan fingerprint density at radius 2 is 2.06 bits per heavy atom. The first-order chi connectivity index (χ1) is 8.66. The Kier molecular flexibility index (Phi) is 4.55. The molecule has 1 atom stereocenters. The van der Waals surface area contributed by atoms with Gasteiger partial charge in [-0.2, -0.15) is 0 Å². The molecule has 2 aromatic rings. The zero-order chi connectivity index (χ0) is 13.0. The quantitative estimate of drug-likeness (QED) is 0.918. The molecule has 0 saturated heterocycles. The highest BCUT2D eigenvalue weighted by Gasteiger charge is 2.04. The van der Waals surface area contributed by atoms with Crippen molar-refractivity contribution in [1.82, 2.24) is 14.9 Å². The Morgan fingerprint density at radius 1 is 1.33 bits per heavy atom. The van der Waals surface area contributed by atoms with Crippen LogP contribution in [0.4, 0.5) is 0 Å². The number of benzene rings is 1. The first-order valence-corrected chi connectivity index (χ1v) is 6.92. The molecule has 4 heteroatoms. The predicted molar refractivity (Wildman–Crippen MR) is 77.5 cm³/mol. The van der Waals surface area contributed by atoms with Gasteiger partial charge in [0.15, 0.2) is 0 Å². The van der Waals surface area contributed by atoms with Crippen LogP contribution in [0.1, 0.15) is 24.4 Å². The van der Waals surface area contributed by atoms with Crippen LogP contribution < -0.4 is 5.32 Å². The van der Waals surface area contributed by atoms with E-state index in [-0.39, 0.29) is 0 Å². The van der Waals surface area contributed by atoms with Crippen molar-refractivity contribution in [3.63, 3.8) is 0 Å². The number of hydrogen-bond donors (Lipinski definition) is 1. The summed E-state index contributed by atoms with van der Waals surface area (Å²) in [4.78, 5) is 4.21. The molecule has 0 fully saturated rings. The van der Waals surface area contributed by atoms with Gasteiger partial charge in [0.25, 0.3) is 0 Å². The van der Waals surface area contributed by atoms with E-state index in [4.69, 9.17) is 0 Å². The monoisotopic (exact) mass is 307 g/mol. The SMILES string of the molecule is Cc1nccn1CCN[C@@H](C)c1ccc(Br)cc1. The molecule has 1 heterocycles. The number of halogens is 1. The van der Waals surface area contributed by atoms with Gasteiger partial charge in [-0.05, 0) is 31.5 Å². The maximum absolute atomic E-state index is 4.21. The van der Waals surface area contributed by atoms with E-state index < -0.39 is 0 Å².